The van der Waals surface area contributed by atoms with Crippen molar-refractivity contribution in [2.75, 3.05) is 0 Å². The largest absolute Gasteiger partial charge is 2.00 e. The summed E-state index contributed by atoms with van der Waals surface area (Å²) in [6, 6.07) is 38.1. The number of nitrogens with zero attached hydrogens (tertiary/aromatic N) is 4. The van der Waals surface area contributed by atoms with Gasteiger partial charge in [0.2, 0.25) is 5.89 Å². The summed E-state index contributed by atoms with van der Waals surface area (Å²) in [5.74, 6) is 0.561. The van der Waals surface area contributed by atoms with Crippen LogP contribution >= 0.6 is 11.3 Å². The fourth-order valence-electron chi connectivity index (χ4n) is 5.15. The first-order valence-corrected chi connectivity index (χ1v) is 13.3. The molecule has 0 atom stereocenters. The Morgan fingerprint density at radius 1 is 0.775 bits per heavy atom. The number of oxazole rings is 1. The van der Waals surface area contributed by atoms with Gasteiger partial charge in [-0.2, -0.15) is 11.3 Å². The molecule has 0 unspecified atom stereocenters. The van der Waals surface area contributed by atoms with Gasteiger partial charge in [-0.3, -0.25) is 4.98 Å². The molecule has 0 bridgehead atoms. The van der Waals surface area contributed by atoms with Crippen LogP contribution in [0.5, 0.6) is 0 Å². The van der Waals surface area contributed by atoms with Crippen molar-refractivity contribution in [1.29, 1.82) is 0 Å². The van der Waals surface area contributed by atoms with Crippen LogP contribution in [0, 0.1) is 12.1 Å². The molecule has 5 nitrogen and oxygen atoms in total. The quantitative estimate of drug-likeness (QED) is 0.172. The minimum absolute atomic E-state index is 0. The first-order valence-electron chi connectivity index (χ1n) is 12.5. The van der Waals surface area contributed by atoms with Gasteiger partial charge in [-0.1, -0.05) is 47.9 Å². The standard InChI is InChI=1S/C33H18N4OS.Pt/c1-3-13-28-24(10-1)31-25(32-35-16-17-38-32)19-22(33-36-27-12-2-4-14-30(27)39-33)20-29(31)37(28)23-9-7-8-21(18-23)26-11-5-6-15-34-26;/h1-17,19H;/q-2;+2. The van der Waals surface area contributed by atoms with E-state index in [2.05, 4.69) is 69.1 Å². The van der Waals surface area contributed by atoms with E-state index >= 15 is 0 Å². The average molecular weight is 714 g/mol. The molecule has 8 aromatic rings. The number of benzene rings is 4. The van der Waals surface area contributed by atoms with Crippen LogP contribution in [0.1, 0.15) is 0 Å². The average Bonchev–Trinajstić information content (AvgIpc) is 3.75. The van der Waals surface area contributed by atoms with Crippen LogP contribution in [-0.4, -0.2) is 19.5 Å². The van der Waals surface area contributed by atoms with Gasteiger partial charge in [-0.05, 0) is 52.1 Å². The van der Waals surface area contributed by atoms with Crippen molar-refractivity contribution in [3.05, 3.63) is 122 Å². The van der Waals surface area contributed by atoms with Crippen LogP contribution in [0.4, 0.5) is 0 Å². The van der Waals surface area contributed by atoms with E-state index in [1.807, 2.05) is 48.5 Å². The van der Waals surface area contributed by atoms with Crippen molar-refractivity contribution in [3.63, 3.8) is 0 Å². The molecular weight excluding hydrogens is 696 g/mol. The van der Waals surface area contributed by atoms with Gasteiger partial charge < -0.3 is 14.0 Å². The summed E-state index contributed by atoms with van der Waals surface area (Å²) in [6.07, 6.45) is 5.09. The van der Waals surface area contributed by atoms with E-state index in [0.29, 0.717) is 5.89 Å². The van der Waals surface area contributed by atoms with Crippen LogP contribution in [0.15, 0.2) is 114 Å². The summed E-state index contributed by atoms with van der Waals surface area (Å²) in [5, 5.41) is 3.01. The van der Waals surface area contributed by atoms with Gasteiger partial charge in [0.15, 0.2) is 0 Å². The third-order valence-electron chi connectivity index (χ3n) is 6.83. The number of hydrogen-bond acceptors (Lipinski definition) is 5. The van der Waals surface area contributed by atoms with Crippen LogP contribution in [0.25, 0.3) is 71.0 Å². The molecule has 7 heteroatoms. The minimum Gasteiger partial charge on any atom is -0.446 e. The molecule has 0 aliphatic rings. The Morgan fingerprint density at radius 3 is 2.50 bits per heavy atom. The Labute approximate surface area is 248 Å². The maximum Gasteiger partial charge on any atom is 2.00 e. The van der Waals surface area contributed by atoms with E-state index in [9.17, 15) is 0 Å². The molecule has 0 saturated carbocycles. The molecule has 4 heterocycles. The second-order valence-electron chi connectivity index (χ2n) is 9.16. The van der Waals surface area contributed by atoms with Gasteiger partial charge in [-0.25, -0.2) is 4.98 Å². The number of hydrogen-bond donors (Lipinski definition) is 0. The molecule has 40 heavy (non-hydrogen) atoms. The van der Waals surface area contributed by atoms with Crippen molar-refractivity contribution in [3.8, 4) is 39.0 Å². The Balaban J connectivity index is 0.00000264. The fraction of sp³-hybridized carbons (Fsp3) is 0. The second-order valence-corrected chi connectivity index (χ2v) is 10.2. The summed E-state index contributed by atoms with van der Waals surface area (Å²) in [4.78, 5) is 14.0. The Kier molecular flexibility index (Phi) is 6.15. The molecule has 0 radical (unpaired) electrons. The zero-order chi connectivity index (χ0) is 25.8. The normalized spacial score (nSPS) is 11.3. The van der Waals surface area contributed by atoms with Crippen molar-refractivity contribution in [1.82, 2.24) is 19.5 Å². The predicted molar refractivity (Wildman–Crippen MR) is 156 cm³/mol. The Bertz CT molecular complexity index is 2100. The zero-order valence-corrected chi connectivity index (χ0v) is 23.9. The zero-order valence-electron chi connectivity index (χ0n) is 20.8. The number of aromatic nitrogens is 4. The number of pyridine rings is 1. The topological polar surface area (TPSA) is 56.7 Å². The summed E-state index contributed by atoms with van der Waals surface area (Å²) in [6.45, 7) is 0. The molecule has 4 aromatic carbocycles. The molecule has 192 valence electrons. The van der Waals surface area contributed by atoms with Crippen molar-refractivity contribution in [2.24, 2.45) is 0 Å². The molecule has 4 aromatic heterocycles. The third kappa shape index (κ3) is 4.00. The molecular formula is C33H18N4OPtS. The van der Waals surface area contributed by atoms with Gasteiger partial charge in [0, 0.05) is 21.4 Å². The van der Waals surface area contributed by atoms with E-state index in [-0.39, 0.29) is 21.1 Å². The van der Waals surface area contributed by atoms with Gasteiger partial charge in [0.05, 0.1) is 11.7 Å². The summed E-state index contributed by atoms with van der Waals surface area (Å²) in [5.41, 5.74) is 7.43. The van der Waals surface area contributed by atoms with E-state index in [0.717, 1.165) is 65.1 Å². The van der Waals surface area contributed by atoms with E-state index < -0.39 is 0 Å². The molecule has 0 amide bonds. The Morgan fingerprint density at radius 2 is 1.65 bits per heavy atom. The molecule has 0 fully saturated rings. The Hall–Kier alpha value is -4.38. The van der Waals surface area contributed by atoms with Crippen molar-refractivity contribution < 1.29 is 25.5 Å². The number of fused-ring (bicyclic) bond motifs is 4. The maximum absolute atomic E-state index is 5.85. The summed E-state index contributed by atoms with van der Waals surface area (Å²) < 4.78 is 9.19. The smallest absolute Gasteiger partial charge is 0.446 e. The molecule has 0 N–H and O–H groups in total. The summed E-state index contributed by atoms with van der Waals surface area (Å²) >= 11 is 1.65. The van der Waals surface area contributed by atoms with Crippen LogP contribution in [-0.2, 0) is 21.1 Å². The second kappa shape index (κ2) is 9.98. The van der Waals surface area contributed by atoms with E-state index in [1.54, 1.807) is 30.0 Å². The van der Waals surface area contributed by atoms with E-state index in [4.69, 9.17) is 9.40 Å². The number of thiazole rings is 1. The predicted octanol–water partition coefficient (Wildman–Crippen LogP) is 8.38. The van der Waals surface area contributed by atoms with Crippen molar-refractivity contribution in [2.45, 2.75) is 0 Å². The number of rotatable bonds is 4. The van der Waals surface area contributed by atoms with Crippen molar-refractivity contribution >= 4 is 43.4 Å². The maximum atomic E-state index is 5.85. The number of para-hydroxylation sites is 2. The SMILES string of the molecule is [Pt+2].[c-]1c(-c2ccccn2)cccc1-n1c2[c-]c(-c3nc4ccccc4s3)cc(-c3ncco3)c2c2ccccc21. The molecule has 0 saturated heterocycles. The van der Waals surface area contributed by atoms with Gasteiger partial charge >= 0.3 is 21.1 Å². The van der Waals surface area contributed by atoms with E-state index in [1.165, 1.54) is 0 Å². The molecule has 0 aliphatic heterocycles. The molecule has 0 spiro atoms. The third-order valence-corrected chi connectivity index (χ3v) is 7.90. The van der Waals surface area contributed by atoms with Crippen LogP contribution < -0.4 is 0 Å². The van der Waals surface area contributed by atoms with Crippen LogP contribution in [0.3, 0.4) is 0 Å². The fourth-order valence-corrected chi connectivity index (χ4v) is 6.08. The van der Waals surface area contributed by atoms with Gasteiger partial charge in [0.25, 0.3) is 0 Å². The molecule has 8 rings (SSSR count). The monoisotopic (exact) mass is 713 g/mol. The molecule has 0 aliphatic carbocycles. The summed E-state index contributed by atoms with van der Waals surface area (Å²) in [7, 11) is 0. The minimum atomic E-state index is 0. The first-order chi connectivity index (χ1) is 19.3. The van der Waals surface area contributed by atoms with Crippen LogP contribution in [0.2, 0.25) is 0 Å². The van der Waals surface area contributed by atoms with Gasteiger partial charge in [-0.15, -0.1) is 47.5 Å². The first kappa shape index (κ1) is 24.6. The van der Waals surface area contributed by atoms with Gasteiger partial charge in [0.1, 0.15) is 6.26 Å².